The van der Waals surface area contributed by atoms with Crippen LogP contribution in [0.3, 0.4) is 0 Å². The van der Waals surface area contributed by atoms with E-state index in [1.807, 2.05) is 59.1 Å². The molecule has 1 aliphatic heterocycles. The van der Waals surface area contributed by atoms with Crippen molar-refractivity contribution in [2.75, 3.05) is 6.54 Å². The van der Waals surface area contributed by atoms with Gasteiger partial charge < -0.3 is 9.47 Å². The van der Waals surface area contributed by atoms with E-state index in [0.717, 1.165) is 45.5 Å². The summed E-state index contributed by atoms with van der Waals surface area (Å²) in [4.78, 5) is 24.2. The van der Waals surface area contributed by atoms with Crippen LogP contribution in [-0.2, 0) is 20.0 Å². The van der Waals surface area contributed by atoms with Crippen molar-refractivity contribution in [3.8, 4) is 11.4 Å². The Balaban J connectivity index is 1.38. The van der Waals surface area contributed by atoms with Crippen LogP contribution in [0.4, 0.5) is 0 Å². The van der Waals surface area contributed by atoms with E-state index in [-0.39, 0.29) is 5.91 Å². The Kier molecular flexibility index (Phi) is 3.93. The van der Waals surface area contributed by atoms with E-state index >= 15 is 0 Å². The van der Waals surface area contributed by atoms with Crippen LogP contribution in [0.2, 0.25) is 0 Å². The number of hydrogen-bond acceptors (Lipinski definition) is 3. The molecule has 0 radical (unpaired) electrons. The largest absolute Gasteiger partial charge is 0.334 e. The number of aromatic nitrogens is 3. The number of fused-ring (bicyclic) bond motifs is 2. The molecule has 2 aromatic carbocycles. The Morgan fingerprint density at radius 3 is 2.79 bits per heavy atom. The number of nitrogens with zero attached hydrogens (tertiary/aromatic N) is 4. The molecular formula is C23H20N4O. The third-order valence-electron chi connectivity index (χ3n) is 5.37. The van der Waals surface area contributed by atoms with Gasteiger partial charge in [0.05, 0.1) is 11.1 Å². The number of amides is 1. The van der Waals surface area contributed by atoms with E-state index in [2.05, 4.69) is 23.2 Å². The fourth-order valence-corrected chi connectivity index (χ4v) is 3.91. The Morgan fingerprint density at radius 2 is 1.93 bits per heavy atom. The van der Waals surface area contributed by atoms with Gasteiger partial charge in [0, 0.05) is 55.6 Å². The van der Waals surface area contributed by atoms with Crippen molar-refractivity contribution in [1.82, 2.24) is 19.4 Å². The van der Waals surface area contributed by atoms with Crippen molar-refractivity contribution < 1.29 is 4.79 Å². The van der Waals surface area contributed by atoms with Gasteiger partial charge in [-0.3, -0.25) is 9.78 Å². The van der Waals surface area contributed by atoms with Crippen LogP contribution < -0.4 is 0 Å². The van der Waals surface area contributed by atoms with Gasteiger partial charge in [0.15, 0.2) is 0 Å². The maximum absolute atomic E-state index is 13.1. The Labute approximate surface area is 163 Å². The lowest BCUT2D eigenvalue weighted by Gasteiger charge is -2.15. The summed E-state index contributed by atoms with van der Waals surface area (Å²) >= 11 is 0. The monoisotopic (exact) mass is 368 g/mol. The predicted molar refractivity (Wildman–Crippen MR) is 109 cm³/mol. The van der Waals surface area contributed by atoms with Crippen LogP contribution in [0.15, 0.2) is 67.0 Å². The van der Waals surface area contributed by atoms with E-state index < -0.39 is 0 Å². The first-order valence-electron chi connectivity index (χ1n) is 9.44. The van der Waals surface area contributed by atoms with Crippen molar-refractivity contribution in [2.24, 2.45) is 7.05 Å². The van der Waals surface area contributed by atoms with Crippen LogP contribution in [0.1, 0.15) is 21.6 Å². The second-order valence-corrected chi connectivity index (χ2v) is 7.17. The second kappa shape index (κ2) is 6.60. The number of para-hydroxylation sites is 1. The standard InChI is InChI=1S/C23H20N4O/c1-26-14-12-24-22(26)19-7-4-6-17-15-27(23(28)21(17)19)13-11-18-10-9-16-5-2-3-8-20(16)25-18/h2-10,12,14H,11,13,15H2,1H3. The van der Waals surface area contributed by atoms with Gasteiger partial charge in [0.1, 0.15) is 5.82 Å². The van der Waals surface area contributed by atoms with Crippen LogP contribution in [0.5, 0.6) is 0 Å². The summed E-state index contributed by atoms with van der Waals surface area (Å²) in [7, 11) is 1.95. The molecule has 3 heterocycles. The Morgan fingerprint density at radius 1 is 1.04 bits per heavy atom. The first kappa shape index (κ1) is 16.7. The molecule has 0 unspecified atom stereocenters. The summed E-state index contributed by atoms with van der Waals surface area (Å²) in [6, 6.07) is 18.3. The summed E-state index contributed by atoms with van der Waals surface area (Å²) in [6.45, 7) is 1.29. The molecule has 0 atom stereocenters. The summed E-state index contributed by atoms with van der Waals surface area (Å²) in [5.74, 6) is 0.901. The van der Waals surface area contributed by atoms with Crippen LogP contribution in [-0.4, -0.2) is 31.9 Å². The molecule has 2 aromatic heterocycles. The van der Waals surface area contributed by atoms with Gasteiger partial charge in [-0.15, -0.1) is 0 Å². The maximum Gasteiger partial charge on any atom is 0.255 e. The van der Waals surface area contributed by atoms with Crippen molar-refractivity contribution >= 4 is 16.8 Å². The quantitative estimate of drug-likeness (QED) is 0.550. The van der Waals surface area contributed by atoms with E-state index in [1.165, 1.54) is 0 Å². The van der Waals surface area contributed by atoms with Crippen LogP contribution in [0.25, 0.3) is 22.3 Å². The predicted octanol–water partition coefficient (Wildman–Crippen LogP) is 3.83. The molecule has 0 saturated heterocycles. The molecule has 1 amide bonds. The highest BCUT2D eigenvalue weighted by Gasteiger charge is 2.30. The molecule has 138 valence electrons. The lowest BCUT2D eigenvalue weighted by molar-refractivity contribution is 0.0780. The maximum atomic E-state index is 13.1. The fourth-order valence-electron chi connectivity index (χ4n) is 3.91. The minimum absolute atomic E-state index is 0.0781. The first-order chi connectivity index (χ1) is 13.7. The molecular weight excluding hydrogens is 348 g/mol. The van der Waals surface area contributed by atoms with E-state index in [4.69, 9.17) is 4.98 Å². The molecule has 0 spiro atoms. The number of aryl methyl sites for hydroxylation is 1. The number of carbonyl (C=O) groups is 1. The average Bonchev–Trinajstić information content (AvgIpc) is 3.29. The third-order valence-corrected chi connectivity index (χ3v) is 5.37. The normalized spacial score (nSPS) is 13.3. The Hall–Kier alpha value is -3.47. The molecule has 0 N–H and O–H groups in total. The van der Waals surface area contributed by atoms with Crippen LogP contribution in [0, 0.1) is 0 Å². The molecule has 0 bridgehead atoms. The highest BCUT2D eigenvalue weighted by Crippen LogP contribution is 2.31. The number of carbonyl (C=O) groups excluding carboxylic acids is 1. The number of benzene rings is 2. The Bertz CT molecular complexity index is 1190. The molecule has 1 aliphatic rings. The van der Waals surface area contributed by atoms with Crippen molar-refractivity contribution in [1.29, 1.82) is 0 Å². The molecule has 5 heteroatoms. The lowest BCUT2D eigenvalue weighted by atomic mass is 10.0. The zero-order chi connectivity index (χ0) is 19.1. The second-order valence-electron chi connectivity index (χ2n) is 7.17. The van der Waals surface area contributed by atoms with Gasteiger partial charge in [-0.2, -0.15) is 0 Å². The van der Waals surface area contributed by atoms with Gasteiger partial charge in [0.25, 0.3) is 5.91 Å². The van der Waals surface area contributed by atoms with Gasteiger partial charge in [0.2, 0.25) is 0 Å². The fraction of sp³-hybridized carbons (Fsp3) is 0.174. The minimum Gasteiger partial charge on any atom is -0.334 e. The molecule has 28 heavy (non-hydrogen) atoms. The summed E-state index contributed by atoms with van der Waals surface area (Å²) in [5.41, 5.74) is 4.75. The van der Waals surface area contributed by atoms with Gasteiger partial charge in [-0.1, -0.05) is 42.5 Å². The van der Waals surface area contributed by atoms with E-state index in [0.29, 0.717) is 13.1 Å². The molecule has 4 aromatic rings. The zero-order valence-corrected chi connectivity index (χ0v) is 15.7. The number of rotatable bonds is 4. The number of pyridine rings is 1. The molecule has 5 nitrogen and oxygen atoms in total. The van der Waals surface area contributed by atoms with Gasteiger partial charge in [-0.25, -0.2) is 4.98 Å². The van der Waals surface area contributed by atoms with Crippen molar-refractivity contribution in [2.45, 2.75) is 13.0 Å². The molecule has 0 aliphatic carbocycles. The summed E-state index contributed by atoms with van der Waals surface area (Å²) in [6.07, 6.45) is 4.40. The van der Waals surface area contributed by atoms with Gasteiger partial charge >= 0.3 is 0 Å². The zero-order valence-electron chi connectivity index (χ0n) is 15.7. The highest BCUT2D eigenvalue weighted by atomic mass is 16.2. The summed E-state index contributed by atoms with van der Waals surface area (Å²) < 4.78 is 1.95. The SMILES string of the molecule is Cn1ccnc1-c1cccc2c1C(=O)N(CCc1ccc3ccccc3n1)C2. The minimum atomic E-state index is 0.0781. The highest BCUT2D eigenvalue weighted by molar-refractivity contribution is 6.04. The lowest BCUT2D eigenvalue weighted by Crippen LogP contribution is -2.26. The van der Waals surface area contributed by atoms with E-state index in [9.17, 15) is 4.79 Å². The average molecular weight is 368 g/mol. The third kappa shape index (κ3) is 2.76. The van der Waals surface area contributed by atoms with Crippen LogP contribution >= 0.6 is 0 Å². The van der Waals surface area contributed by atoms with E-state index in [1.54, 1.807) is 6.20 Å². The molecule has 0 saturated carbocycles. The first-order valence-corrected chi connectivity index (χ1v) is 9.44. The number of imidazole rings is 1. The van der Waals surface area contributed by atoms with Gasteiger partial charge in [-0.05, 0) is 17.7 Å². The van der Waals surface area contributed by atoms with Crippen molar-refractivity contribution in [3.63, 3.8) is 0 Å². The summed E-state index contributed by atoms with van der Waals surface area (Å²) in [5, 5.41) is 1.13. The topological polar surface area (TPSA) is 51.0 Å². The number of hydrogen-bond donors (Lipinski definition) is 0. The smallest absolute Gasteiger partial charge is 0.255 e. The molecule has 0 fully saturated rings. The molecule has 5 rings (SSSR count). The van der Waals surface area contributed by atoms with Crippen molar-refractivity contribution in [3.05, 3.63) is 83.8 Å².